The van der Waals surface area contributed by atoms with Crippen molar-refractivity contribution < 1.29 is 18.3 Å². The van der Waals surface area contributed by atoms with Crippen LogP contribution in [0.5, 0.6) is 0 Å². The van der Waals surface area contributed by atoms with Crippen molar-refractivity contribution >= 4 is 16.2 Å². The van der Waals surface area contributed by atoms with Crippen LogP contribution in [-0.2, 0) is 15.0 Å². The normalized spacial score (nSPS) is 32.0. The summed E-state index contributed by atoms with van der Waals surface area (Å²) in [6, 6.07) is 0.0258. The predicted molar refractivity (Wildman–Crippen MR) is 80.0 cm³/mol. The first kappa shape index (κ1) is 16.7. The fourth-order valence-electron chi connectivity index (χ4n) is 3.50. The molecule has 2 rings (SSSR count). The zero-order valence-corrected chi connectivity index (χ0v) is 13.4. The summed E-state index contributed by atoms with van der Waals surface area (Å²) in [7, 11) is -3.49. The molecule has 0 aromatic rings. The van der Waals surface area contributed by atoms with E-state index in [2.05, 4.69) is 4.72 Å². The second kappa shape index (κ2) is 7.07. The first-order valence-corrected chi connectivity index (χ1v) is 9.35. The van der Waals surface area contributed by atoms with Crippen molar-refractivity contribution in [3.8, 4) is 0 Å². The third-order valence-corrected chi connectivity index (χ3v) is 6.50. The van der Waals surface area contributed by atoms with Crippen molar-refractivity contribution in [2.24, 2.45) is 11.8 Å². The topological polar surface area (TPSA) is 86.7 Å². The van der Waals surface area contributed by atoms with E-state index in [4.69, 9.17) is 0 Å². The Balaban J connectivity index is 1.95. The van der Waals surface area contributed by atoms with Gasteiger partial charge in [-0.15, -0.1) is 0 Å². The molecule has 21 heavy (non-hydrogen) atoms. The SMILES string of the molecule is CC1CCCCN1S(=O)(=O)NCC1CCCCC1C(=O)O. The number of nitrogens with one attached hydrogen (secondary N) is 1. The summed E-state index contributed by atoms with van der Waals surface area (Å²) < 4.78 is 28.9. The minimum atomic E-state index is -3.49. The van der Waals surface area contributed by atoms with E-state index in [1.807, 2.05) is 6.92 Å². The van der Waals surface area contributed by atoms with Gasteiger partial charge in [0.1, 0.15) is 0 Å². The maximum atomic E-state index is 12.4. The van der Waals surface area contributed by atoms with E-state index in [1.54, 1.807) is 0 Å². The lowest BCUT2D eigenvalue weighted by atomic mass is 9.79. The first-order valence-electron chi connectivity index (χ1n) is 7.91. The van der Waals surface area contributed by atoms with Crippen LogP contribution in [0.3, 0.4) is 0 Å². The van der Waals surface area contributed by atoms with Gasteiger partial charge in [0.25, 0.3) is 10.2 Å². The second-order valence-corrected chi connectivity index (χ2v) is 8.01. The standard InChI is InChI=1S/C14H26N2O4S/c1-11-6-4-5-9-16(11)21(19,20)15-10-12-7-2-3-8-13(12)14(17)18/h11-13,15H,2-10H2,1H3,(H,17,18). The van der Waals surface area contributed by atoms with Crippen LogP contribution in [0.4, 0.5) is 0 Å². The number of piperidine rings is 1. The van der Waals surface area contributed by atoms with Gasteiger partial charge in [0.15, 0.2) is 0 Å². The van der Waals surface area contributed by atoms with Crippen molar-refractivity contribution in [2.45, 2.75) is 57.9 Å². The van der Waals surface area contributed by atoms with Crippen LogP contribution < -0.4 is 4.72 Å². The van der Waals surface area contributed by atoms with Crippen molar-refractivity contribution in [3.63, 3.8) is 0 Å². The molecule has 1 aliphatic carbocycles. The molecule has 1 saturated carbocycles. The van der Waals surface area contributed by atoms with Crippen LogP contribution in [0.15, 0.2) is 0 Å². The molecule has 3 unspecified atom stereocenters. The molecule has 1 aliphatic heterocycles. The average Bonchev–Trinajstić information content (AvgIpc) is 2.45. The number of hydrogen-bond acceptors (Lipinski definition) is 3. The Labute approximate surface area is 127 Å². The van der Waals surface area contributed by atoms with Crippen molar-refractivity contribution in [1.29, 1.82) is 0 Å². The molecule has 6 nitrogen and oxygen atoms in total. The third kappa shape index (κ3) is 4.17. The van der Waals surface area contributed by atoms with E-state index in [0.717, 1.165) is 38.5 Å². The van der Waals surface area contributed by atoms with Gasteiger partial charge < -0.3 is 5.11 Å². The highest BCUT2D eigenvalue weighted by molar-refractivity contribution is 7.87. The molecular weight excluding hydrogens is 292 g/mol. The van der Waals surface area contributed by atoms with E-state index in [-0.39, 0.29) is 18.5 Å². The van der Waals surface area contributed by atoms with Crippen LogP contribution in [0, 0.1) is 11.8 Å². The summed E-state index contributed by atoms with van der Waals surface area (Å²) in [5.41, 5.74) is 0. The summed E-state index contributed by atoms with van der Waals surface area (Å²) in [5, 5.41) is 9.24. The molecule has 2 N–H and O–H groups in total. The van der Waals surface area contributed by atoms with Crippen molar-refractivity contribution in [2.75, 3.05) is 13.1 Å². The Bertz CT molecular complexity index is 466. The lowest BCUT2D eigenvalue weighted by Crippen LogP contribution is -2.49. The van der Waals surface area contributed by atoms with E-state index >= 15 is 0 Å². The fourth-order valence-corrected chi connectivity index (χ4v) is 5.04. The molecule has 2 aliphatic rings. The molecule has 0 amide bonds. The number of carbonyl (C=O) groups is 1. The van der Waals surface area contributed by atoms with Crippen LogP contribution in [-0.4, -0.2) is 42.9 Å². The molecule has 1 saturated heterocycles. The molecule has 7 heteroatoms. The Morgan fingerprint density at radius 1 is 1.19 bits per heavy atom. The molecule has 122 valence electrons. The highest BCUT2D eigenvalue weighted by atomic mass is 32.2. The van der Waals surface area contributed by atoms with Gasteiger partial charge in [-0.2, -0.15) is 12.7 Å². The van der Waals surface area contributed by atoms with Gasteiger partial charge in [0.05, 0.1) is 5.92 Å². The Morgan fingerprint density at radius 2 is 1.86 bits per heavy atom. The maximum absolute atomic E-state index is 12.4. The average molecular weight is 318 g/mol. The quantitative estimate of drug-likeness (QED) is 0.806. The third-order valence-electron chi connectivity index (χ3n) is 4.80. The highest BCUT2D eigenvalue weighted by Gasteiger charge is 2.34. The van der Waals surface area contributed by atoms with Gasteiger partial charge in [-0.3, -0.25) is 4.79 Å². The summed E-state index contributed by atoms with van der Waals surface area (Å²) in [6.45, 7) is 2.73. The summed E-state index contributed by atoms with van der Waals surface area (Å²) in [5.74, 6) is -1.31. The van der Waals surface area contributed by atoms with E-state index in [9.17, 15) is 18.3 Å². The van der Waals surface area contributed by atoms with E-state index < -0.39 is 22.1 Å². The van der Waals surface area contributed by atoms with Gasteiger partial charge in [-0.1, -0.05) is 19.3 Å². The second-order valence-electron chi connectivity index (χ2n) is 6.30. The first-order chi connectivity index (χ1) is 9.92. The van der Waals surface area contributed by atoms with E-state index in [0.29, 0.717) is 13.0 Å². The number of aliphatic carboxylic acids is 1. The molecule has 0 aromatic heterocycles. The zero-order valence-electron chi connectivity index (χ0n) is 12.6. The molecule has 1 heterocycles. The van der Waals surface area contributed by atoms with Gasteiger partial charge in [0.2, 0.25) is 0 Å². The van der Waals surface area contributed by atoms with Gasteiger partial charge in [-0.05, 0) is 38.5 Å². The Hall–Kier alpha value is -0.660. The minimum absolute atomic E-state index is 0.0258. The molecule has 3 atom stereocenters. The summed E-state index contributed by atoms with van der Waals surface area (Å²) >= 11 is 0. The monoisotopic (exact) mass is 318 g/mol. The predicted octanol–water partition coefficient (Wildman–Crippen LogP) is 1.59. The lowest BCUT2D eigenvalue weighted by Gasteiger charge is -2.34. The zero-order chi connectivity index (χ0) is 15.5. The maximum Gasteiger partial charge on any atom is 0.306 e. The lowest BCUT2D eigenvalue weighted by molar-refractivity contribution is -0.144. The summed E-state index contributed by atoms with van der Waals surface area (Å²) in [4.78, 5) is 11.3. The minimum Gasteiger partial charge on any atom is -0.481 e. The number of hydrogen-bond donors (Lipinski definition) is 2. The molecule has 2 fully saturated rings. The van der Waals surface area contributed by atoms with Gasteiger partial charge in [0, 0.05) is 19.1 Å². The van der Waals surface area contributed by atoms with Crippen LogP contribution >= 0.6 is 0 Å². The molecule has 0 radical (unpaired) electrons. The van der Waals surface area contributed by atoms with Crippen molar-refractivity contribution in [3.05, 3.63) is 0 Å². The van der Waals surface area contributed by atoms with E-state index in [1.165, 1.54) is 4.31 Å². The number of carboxylic acid groups (broad SMARTS) is 1. The van der Waals surface area contributed by atoms with Crippen LogP contribution in [0.2, 0.25) is 0 Å². The van der Waals surface area contributed by atoms with Gasteiger partial charge in [-0.25, -0.2) is 4.72 Å². The van der Waals surface area contributed by atoms with Crippen molar-refractivity contribution in [1.82, 2.24) is 9.03 Å². The molecular formula is C14H26N2O4S. The van der Waals surface area contributed by atoms with Gasteiger partial charge >= 0.3 is 5.97 Å². The summed E-state index contributed by atoms with van der Waals surface area (Å²) in [6.07, 6.45) is 6.20. The molecule has 0 spiro atoms. The number of nitrogens with zero attached hydrogens (tertiary/aromatic N) is 1. The molecule has 0 aromatic carbocycles. The van der Waals surface area contributed by atoms with Crippen LogP contribution in [0.25, 0.3) is 0 Å². The fraction of sp³-hybridized carbons (Fsp3) is 0.929. The molecule has 0 bridgehead atoms. The van der Waals surface area contributed by atoms with Crippen LogP contribution in [0.1, 0.15) is 51.9 Å². The number of rotatable bonds is 5. The smallest absolute Gasteiger partial charge is 0.306 e. The number of carboxylic acids is 1. The Morgan fingerprint density at radius 3 is 2.52 bits per heavy atom. The Kier molecular flexibility index (Phi) is 5.62. The largest absolute Gasteiger partial charge is 0.481 e. The highest BCUT2D eigenvalue weighted by Crippen LogP contribution is 2.30.